The van der Waals surface area contributed by atoms with Crippen LogP contribution in [-0.4, -0.2) is 37.4 Å². The number of hydrogen-bond acceptors (Lipinski definition) is 3. The highest BCUT2D eigenvalue weighted by Crippen LogP contribution is 2.40. The van der Waals surface area contributed by atoms with E-state index in [2.05, 4.69) is 5.32 Å². The van der Waals surface area contributed by atoms with Gasteiger partial charge in [0.15, 0.2) is 0 Å². The van der Waals surface area contributed by atoms with Gasteiger partial charge < -0.3 is 10.2 Å². The van der Waals surface area contributed by atoms with E-state index in [1.165, 1.54) is 4.90 Å². The van der Waals surface area contributed by atoms with E-state index in [1.807, 2.05) is 6.07 Å². The summed E-state index contributed by atoms with van der Waals surface area (Å²) in [5, 5.41) is 11.4. The summed E-state index contributed by atoms with van der Waals surface area (Å²) in [6.45, 7) is -0.0325. The number of nitrogens with one attached hydrogen (secondary N) is 1. The predicted octanol–water partition coefficient (Wildman–Crippen LogP) is -0.115. The van der Waals surface area contributed by atoms with Crippen LogP contribution in [0.4, 0.5) is 0 Å². The topological polar surface area (TPSA) is 73.2 Å². The molecule has 0 radical (unpaired) electrons. The van der Waals surface area contributed by atoms with Crippen molar-refractivity contribution < 1.29 is 9.59 Å². The lowest BCUT2D eigenvalue weighted by Gasteiger charge is -2.33. The molecule has 1 aliphatic carbocycles. The number of nitriles is 1. The molecule has 1 fully saturated rings. The van der Waals surface area contributed by atoms with E-state index >= 15 is 0 Å². The van der Waals surface area contributed by atoms with Crippen molar-refractivity contribution in [2.75, 3.05) is 20.6 Å². The molecule has 1 N–H and O–H groups in total. The SMILES string of the molecule is CN(C)C(=O)CNC(=O)C1(C#N)CCC1. The average molecular weight is 209 g/mol. The molecular formula is C10H15N3O2. The maximum Gasteiger partial charge on any atom is 0.241 e. The summed E-state index contributed by atoms with van der Waals surface area (Å²) in [7, 11) is 3.25. The number of nitrogens with zero attached hydrogens (tertiary/aromatic N) is 2. The van der Waals surface area contributed by atoms with Crippen LogP contribution in [0.3, 0.4) is 0 Å². The second kappa shape index (κ2) is 4.30. The Bertz CT molecular complexity index is 313. The molecule has 1 saturated carbocycles. The van der Waals surface area contributed by atoms with Crippen LogP contribution in [0.25, 0.3) is 0 Å². The number of rotatable bonds is 3. The Balaban J connectivity index is 2.43. The molecule has 0 aromatic rings. The molecule has 0 saturated heterocycles. The van der Waals surface area contributed by atoms with E-state index in [4.69, 9.17) is 5.26 Å². The molecule has 0 atom stereocenters. The molecule has 15 heavy (non-hydrogen) atoms. The summed E-state index contributed by atoms with van der Waals surface area (Å²) in [4.78, 5) is 24.2. The van der Waals surface area contributed by atoms with Crippen LogP contribution in [0.15, 0.2) is 0 Å². The van der Waals surface area contributed by atoms with E-state index in [9.17, 15) is 9.59 Å². The summed E-state index contributed by atoms with van der Waals surface area (Å²) in [5.41, 5.74) is -0.868. The van der Waals surface area contributed by atoms with Crippen LogP contribution in [0.5, 0.6) is 0 Å². The predicted molar refractivity (Wildman–Crippen MR) is 53.6 cm³/mol. The normalized spacial score (nSPS) is 17.1. The molecule has 2 amide bonds. The Morgan fingerprint density at radius 2 is 2.07 bits per heavy atom. The van der Waals surface area contributed by atoms with Crippen molar-refractivity contribution in [3.8, 4) is 6.07 Å². The lowest BCUT2D eigenvalue weighted by Crippen LogP contribution is -2.47. The summed E-state index contributed by atoms with van der Waals surface area (Å²) >= 11 is 0. The van der Waals surface area contributed by atoms with E-state index in [1.54, 1.807) is 14.1 Å². The molecular weight excluding hydrogens is 194 g/mol. The zero-order valence-electron chi connectivity index (χ0n) is 9.04. The zero-order chi connectivity index (χ0) is 11.5. The fourth-order valence-electron chi connectivity index (χ4n) is 1.40. The number of carbonyl (C=O) groups excluding carboxylic acids is 2. The Labute approximate surface area is 89.0 Å². The summed E-state index contributed by atoms with van der Waals surface area (Å²) in [6, 6.07) is 2.03. The van der Waals surface area contributed by atoms with Crippen molar-refractivity contribution in [1.82, 2.24) is 10.2 Å². The highest BCUT2D eigenvalue weighted by atomic mass is 16.2. The molecule has 0 aromatic heterocycles. The van der Waals surface area contributed by atoms with Gasteiger partial charge in [-0.05, 0) is 19.3 Å². The first-order valence-electron chi connectivity index (χ1n) is 4.91. The van der Waals surface area contributed by atoms with Crippen molar-refractivity contribution >= 4 is 11.8 Å². The Kier molecular flexibility index (Phi) is 3.30. The lowest BCUT2D eigenvalue weighted by molar-refractivity contribution is -0.135. The van der Waals surface area contributed by atoms with Gasteiger partial charge in [-0.25, -0.2) is 0 Å². The van der Waals surface area contributed by atoms with Crippen LogP contribution >= 0.6 is 0 Å². The lowest BCUT2D eigenvalue weighted by atomic mass is 9.69. The largest absolute Gasteiger partial charge is 0.347 e. The first-order valence-corrected chi connectivity index (χ1v) is 4.91. The minimum absolute atomic E-state index is 0.0325. The first kappa shape index (κ1) is 11.5. The fraction of sp³-hybridized carbons (Fsp3) is 0.700. The van der Waals surface area contributed by atoms with Gasteiger partial charge in [0.25, 0.3) is 0 Å². The maximum absolute atomic E-state index is 11.6. The second-order valence-electron chi connectivity index (χ2n) is 4.02. The van der Waals surface area contributed by atoms with Crippen molar-refractivity contribution in [2.45, 2.75) is 19.3 Å². The van der Waals surface area contributed by atoms with E-state index in [0.29, 0.717) is 12.8 Å². The molecule has 1 aliphatic rings. The highest BCUT2D eigenvalue weighted by molar-refractivity contribution is 5.90. The molecule has 0 aromatic carbocycles. The molecule has 5 heteroatoms. The molecule has 0 unspecified atom stereocenters. The Morgan fingerprint density at radius 1 is 1.47 bits per heavy atom. The molecule has 1 rings (SSSR count). The van der Waals surface area contributed by atoms with Crippen molar-refractivity contribution in [2.24, 2.45) is 5.41 Å². The molecule has 0 aliphatic heterocycles. The summed E-state index contributed by atoms with van der Waals surface area (Å²) < 4.78 is 0. The molecule has 0 heterocycles. The first-order chi connectivity index (χ1) is 7.02. The zero-order valence-corrected chi connectivity index (χ0v) is 9.04. The summed E-state index contributed by atoms with van der Waals surface area (Å²) in [6.07, 6.45) is 2.11. The van der Waals surface area contributed by atoms with Crippen LogP contribution in [0, 0.1) is 16.7 Å². The molecule has 0 spiro atoms. The Hall–Kier alpha value is -1.57. The van der Waals surface area contributed by atoms with Gasteiger partial charge in [-0.3, -0.25) is 9.59 Å². The van der Waals surface area contributed by atoms with Crippen LogP contribution in [-0.2, 0) is 9.59 Å². The summed E-state index contributed by atoms with van der Waals surface area (Å²) in [5.74, 6) is -0.484. The minimum Gasteiger partial charge on any atom is -0.347 e. The second-order valence-corrected chi connectivity index (χ2v) is 4.02. The van der Waals surface area contributed by atoms with Crippen LogP contribution < -0.4 is 5.32 Å². The average Bonchev–Trinajstić information content (AvgIpc) is 2.13. The van der Waals surface area contributed by atoms with Gasteiger partial charge in [0.1, 0.15) is 5.41 Å². The smallest absolute Gasteiger partial charge is 0.241 e. The maximum atomic E-state index is 11.6. The van der Waals surface area contributed by atoms with E-state index in [-0.39, 0.29) is 18.4 Å². The van der Waals surface area contributed by atoms with Crippen molar-refractivity contribution in [3.05, 3.63) is 0 Å². The standard InChI is InChI=1S/C10H15N3O2/c1-13(2)8(14)6-12-9(15)10(7-11)4-3-5-10/h3-6H2,1-2H3,(H,12,15). The third kappa shape index (κ3) is 2.27. The van der Waals surface area contributed by atoms with Gasteiger partial charge in [-0.15, -0.1) is 0 Å². The quantitative estimate of drug-likeness (QED) is 0.704. The fourth-order valence-corrected chi connectivity index (χ4v) is 1.40. The van der Waals surface area contributed by atoms with Crippen LogP contribution in [0.1, 0.15) is 19.3 Å². The number of carbonyl (C=O) groups is 2. The van der Waals surface area contributed by atoms with Gasteiger partial charge in [0, 0.05) is 14.1 Å². The van der Waals surface area contributed by atoms with E-state index < -0.39 is 5.41 Å². The van der Waals surface area contributed by atoms with Gasteiger partial charge in [0.05, 0.1) is 12.6 Å². The highest BCUT2D eigenvalue weighted by Gasteiger charge is 2.44. The number of hydrogen-bond donors (Lipinski definition) is 1. The minimum atomic E-state index is -0.868. The molecule has 82 valence electrons. The van der Waals surface area contributed by atoms with Gasteiger partial charge in [-0.1, -0.05) is 0 Å². The number of amides is 2. The molecule has 5 nitrogen and oxygen atoms in total. The third-order valence-corrected chi connectivity index (χ3v) is 2.75. The number of likely N-dealkylation sites (N-methyl/N-ethyl adjacent to an activating group) is 1. The molecule has 0 bridgehead atoms. The Morgan fingerprint density at radius 3 is 2.40 bits per heavy atom. The van der Waals surface area contributed by atoms with Gasteiger partial charge in [-0.2, -0.15) is 5.26 Å². The van der Waals surface area contributed by atoms with Crippen LogP contribution in [0.2, 0.25) is 0 Å². The van der Waals surface area contributed by atoms with Gasteiger partial charge >= 0.3 is 0 Å². The monoisotopic (exact) mass is 209 g/mol. The third-order valence-electron chi connectivity index (χ3n) is 2.75. The van der Waals surface area contributed by atoms with Gasteiger partial charge in [0.2, 0.25) is 11.8 Å². The van der Waals surface area contributed by atoms with Crippen molar-refractivity contribution in [1.29, 1.82) is 5.26 Å². The van der Waals surface area contributed by atoms with Crippen molar-refractivity contribution in [3.63, 3.8) is 0 Å². The van der Waals surface area contributed by atoms with E-state index in [0.717, 1.165) is 6.42 Å².